The molecule has 76 valence electrons. The predicted molar refractivity (Wildman–Crippen MR) is 60.4 cm³/mol. The zero-order valence-corrected chi connectivity index (χ0v) is 8.87. The molecule has 0 amide bonds. The van der Waals surface area contributed by atoms with E-state index in [0.717, 1.165) is 6.04 Å². The van der Waals surface area contributed by atoms with Crippen molar-refractivity contribution < 1.29 is 0 Å². The Bertz CT molecular complexity index is 264. The topological polar surface area (TPSA) is 12.0 Å². The zero-order valence-electron chi connectivity index (χ0n) is 8.87. The summed E-state index contributed by atoms with van der Waals surface area (Å²) in [5.74, 6) is 0. The van der Waals surface area contributed by atoms with E-state index < -0.39 is 0 Å². The van der Waals surface area contributed by atoms with Crippen LogP contribution in [0.15, 0.2) is 30.3 Å². The highest BCUT2D eigenvalue weighted by Gasteiger charge is 2.23. The van der Waals surface area contributed by atoms with E-state index in [1.165, 1.54) is 31.2 Å². The Morgan fingerprint density at radius 3 is 2.57 bits per heavy atom. The Labute approximate surface area is 86.5 Å². The lowest BCUT2D eigenvalue weighted by atomic mass is 10.0. The van der Waals surface area contributed by atoms with Crippen LogP contribution in [-0.4, -0.2) is 12.1 Å². The van der Waals surface area contributed by atoms with Crippen LogP contribution in [0, 0.1) is 0 Å². The first kappa shape index (κ1) is 9.72. The molecule has 0 unspecified atom stereocenters. The van der Waals surface area contributed by atoms with Crippen LogP contribution in [0.2, 0.25) is 0 Å². The molecule has 1 nitrogen and oxygen atoms in total. The molecule has 1 aromatic rings. The number of rotatable bonds is 5. The Morgan fingerprint density at radius 2 is 2.00 bits per heavy atom. The molecule has 0 aliphatic heterocycles. The summed E-state index contributed by atoms with van der Waals surface area (Å²) in [6, 6.07) is 12.3. The minimum absolute atomic E-state index is 0.671. The van der Waals surface area contributed by atoms with E-state index >= 15 is 0 Å². The average Bonchev–Trinajstić information content (AvgIpc) is 3.02. The number of benzene rings is 1. The maximum Gasteiger partial charge on any atom is 0.0107 e. The van der Waals surface area contributed by atoms with E-state index in [4.69, 9.17) is 0 Å². The Morgan fingerprint density at radius 1 is 1.29 bits per heavy atom. The van der Waals surface area contributed by atoms with Gasteiger partial charge in [0.15, 0.2) is 0 Å². The van der Waals surface area contributed by atoms with Gasteiger partial charge in [-0.05, 0) is 31.2 Å². The minimum Gasteiger partial charge on any atom is -0.311 e. The highest BCUT2D eigenvalue weighted by Crippen LogP contribution is 2.20. The van der Waals surface area contributed by atoms with Crippen molar-refractivity contribution in [3.63, 3.8) is 0 Å². The summed E-state index contributed by atoms with van der Waals surface area (Å²) in [7, 11) is 0. The highest BCUT2D eigenvalue weighted by molar-refractivity contribution is 5.16. The first-order valence-corrected chi connectivity index (χ1v) is 5.68. The van der Waals surface area contributed by atoms with E-state index in [0.29, 0.717) is 6.04 Å². The molecule has 2 rings (SSSR count). The molecule has 1 heteroatoms. The fourth-order valence-electron chi connectivity index (χ4n) is 1.80. The third-order valence-electron chi connectivity index (χ3n) is 2.87. The molecule has 0 radical (unpaired) electrons. The van der Waals surface area contributed by atoms with Crippen LogP contribution in [0.3, 0.4) is 0 Å². The number of hydrogen-bond acceptors (Lipinski definition) is 1. The van der Waals surface area contributed by atoms with Gasteiger partial charge in [0.25, 0.3) is 0 Å². The van der Waals surface area contributed by atoms with Gasteiger partial charge in [-0.25, -0.2) is 0 Å². The fourth-order valence-corrected chi connectivity index (χ4v) is 1.80. The van der Waals surface area contributed by atoms with Gasteiger partial charge < -0.3 is 5.32 Å². The van der Waals surface area contributed by atoms with Gasteiger partial charge in [-0.1, -0.05) is 37.3 Å². The SMILES string of the molecule is CC[C@@H](Cc1ccccc1)NC1CC1. The Kier molecular flexibility index (Phi) is 3.20. The van der Waals surface area contributed by atoms with Gasteiger partial charge >= 0.3 is 0 Å². The Balaban J connectivity index is 1.87. The zero-order chi connectivity index (χ0) is 9.80. The number of nitrogens with one attached hydrogen (secondary N) is 1. The minimum atomic E-state index is 0.671. The molecule has 0 saturated heterocycles. The molecular weight excluding hydrogens is 170 g/mol. The van der Waals surface area contributed by atoms with E-state index in [-0.39, 0.29) is 0 Å². The fraction of sp³-hybridized carbons (Fsp3) is 0.538. The lowest BCUT2D eigenvalue weighted by Crippen LogP contribution is -2.32. The smallest absolute Gasteiger partial charge is 0.0107 e. The summed E-state index contributed by atoms with van der Waals surface area (Å²) in [6.45, 7) is 2.27. The second kappa shape index (κ2) is 4.61. The van der Waals surface area contributed by atoms with Crippen LogP contribution < -0.4 is 5.32 Å². The van der Waals surface area contributed by atoms with E-state index in [1.807, 2.05) is 0 Å². The van der Waals surface area contributed by atoms with Crippen molar-refractivity contribution in [3.05, 3.63) is 35.9 Å². The van der Waals surface area contributed by atoms with Gasteiger partial charge in [-0.3, -0.25) is 0 Å². The van der Waals surface area contributed by atoms with Crippen molar-refractivity contribution in [1.29, 1.82) is 0 Å². The molecule has 1 aliphatic carbocycles. The van der Waals surface area contributed by atoms with E-state index in [9.17, 15) is 0 Å². The summed E-state index contributed by atoms with van der Waals surface area (Å²) in [6.07, 6.45) is 5.16. The van der Waals surface area contributed by atoms with Crippen molar-refractivity contribution in [2.45, 2.75) is 44.7 Å². The molecule has 1 aromatic carbocycles. The predicted octanol–water partition coefficient (Wildman–Crippen LogP) is 2.76. The second-order valence-corrected chi connectivity index (χ2v) is 4.24. The standard InChI is InChI=1S/C13H19N/c1-2-12(14-13-8-9-13)10-11-6-4-3-5-7-11/h3-7,12-14H,2,8-10H2,1H3/t12-/m0/s1. The van der Waals surface area contributed by atoms with Crippen LogP contribution in [0.1, 0.15) is 31.7 Å². The van der Waals surface area contributed by atoms with Crippen molar-refractivity contribution in [2.24, 2.45) is 0 Å². The molecule has 1 saturated carbocycles. The molecule has 1 aliphatic rings. The molecule has 0 spiro atoms. The van der Waals surface area contributed by atoms with Crippen LogP contribution in [0.25, 0.3) is 0 Å². The Hall–Kier alpha value is -0.820. The largest absolute Gasteiger partial charge is 0.311 e. The summed E-state index contributed by atoms with van der Waals surface area (Å²) in [5, 5.41) is 3.69. The number of hydrogen-bond donors (Lipinski definition) is 1. The van der Waals surface area contributed by atoms with E-state index in [2.05, 4.69) is 42.6 Å². The molecule has 1 atom stereocenters. The quantitative estimate of drug-likeness (QED) is 0.751. The maximum atomic E-state index is 3.69. The average molecular weight is 189 g/mol. The van der Waals surface area contributed by atoms with Gasteiger partial charge in [0.05, 0.1) is 0 Å². The summed E-state index contributed by atoms with van der Waals surface area (Å²) < 4.78 is 0. The maximum absolute atomic E-state index is 3.69. The van der Waals surface area contributed by atoms with Crippen molar-refractivity contribution in [3.8, 4) is 0 Å². The van der Waals surface area contributed by atoms with Crippen LogP contribution in [0.4, 0.5) is 0 Å². The highest BCUT2D eigenvalue weighted by atomic mass is 15.0. The monoisotopic (exact) mass is 189 g/mol. The van der Waals surface area contributed by atoms with Crippen LogP contribution in [-0.2, 0) is 6.42 Å². The molecule has 0 heterocycles. The molecule has 1 fully saturated rings. The normalized spacial score (nSPS) is 18.1. The van der Waals surface area contributed by atoms with Crippen molar-refractivity contribution in [1.82, 2.24) is 5.32 Å². The first-order chi connectivity index (χ1) is 6.88. The summed E-state index contributed by atoms with van der Waals surface area (Å²) >= 11 is 0. The molecule has 0 bridgehead atoms. The van der Waals surface area contributed by atoms with Crippen molar-refractivity contribution in [2.75, 3.05) is 0 Å². The molecule has 1 N–H and O–H groups in total. The summed E-state index contributed by atoms with van der Waals surface area (Å²) in [4.78, 5) is 0. The van der Waals surface area contributed by atoms with Crippen LogP contribution in [0.5, 0.6) is 0 Å². The summed E-state index contributed by atoms with van der Waals surface area (Å²) in [5.41, 5.74) is 1.45. The van der Waals surface area contributed by atoms with Gasteiger partial charge in [0, 0.05) is 12.1 Å². The lowest BCUT2D eigenvalue weighted by molar-refractivity contribution is 0.492. The molecular formula is C13H19N. The van der Waals surface area contributed by atoms with E-state index in [1.54, 1.807) is 0 Å². The third kappa shape index (κ3) is 2.85. The third-order valence-corrected chi connectivity index (χ3v) is 2.87. The van der Waals surface area contributed by atoms with Gasteiger partial charge in [-0.2, -0.15) is 0 Å². The van der Waals surface area contributed by atoms with Gasteiger partial charge in [0.2, 0.25) is 0 Å². The molecule has 14 heavy (non-hydrogen) atoms. The van der Waals surface area contributed by atoms with Crippen molar-refractivity contribution >= 4 is 0 Å². The van der Waals surface area contributed by atoms with Gasteiger partial charge in [-0.15, -0.1) is 0 Å². The first-order valence-electron chi connectivity index (χ1n) is 5.68. The molecule has 0 aromatic heterocycles. The van der Waals surface area contributed by atoms with Gasteiger partial charge in [0.1, 0.15) is 0 Å². The second-order valence-electron chi connectivity index (χ2n) is 4.24. The lowest BCUT2D eigenvalue weighted by Gasteiger charge is -2.16. The van der Waals surface area contributed by atoms with Crippen LogP contribution >= 0.6 is 0 Å².